The summed E-state index contributed by atoms with van der Waals surface area (Å²) in [5.74, 6) is -0.311. The van der Waals surface area contributed by atoms with Crippen molar-refractivity contribution in [3.05, 3.63) is 64.7 Å². The monoisotopic (exact) mass is 278 g/mol. The molecule has 0 bridgehead atoms. The lowest BCUT2D eigenvalue weighted by Gasteiger charge is -2.29. The van der Waals surface area contributed by atoms with Crippen molar-refractivity contribution in [2.75, 3.05) is 6.54 Å². The highest BCUT2D eigenvalue weighted by molar-refractivity contribution is 6.30. The highest BCUT2D eigenvalue weighted by Crippen LogP contribution is 2.30. The first kappa shape index (κ1) is 14.0. The molecule has 19 heavy (non-hydrogen) atoms. The van der Waals surface area contributed by atoms with E-state index in [1.807, 2.05) is 19.1 Å². The summed E-state index contributed by atoms with van der Waals surface area (Å²) in [5.41, 5.74) is 7.09. The fourth-order valence-electron chi connectivity index (χ4n) is 2.21. The summed E-state index contributed by atoms with van der Waals surface area (Å²) < 4.78 is 14.1. The zero-order chi connectivity index (χ0) is 13.9. The molecule has 0 saturated heterocycles. The molecule has 0 saturated carbocycles. The Morgan fingerprint density at radius 1 is 1.26 bits per heavy atom. The average Bonchev–Trinajstić information content (AvgIpc) is 2.39. The summed E-state index contributed by atoms with van der Waals surface area (Å²) in [7, 11) is 0. The zero-order valence-electron chi connectivity index (χ0n) is 10.7. The van der Waals surface area contributed by atoms with Crippen LogP contribution in [0.4, 0.5) is 4.39 Å². The van der Waals surface area contributed by atoms with Crippen molar-refractivity contribution < 1.29 is 4.39 Å². The number of hydrogen-bond donors (Lipinski definition) is 1. The Kier molecular flexibility index (Phi) is 4.17. The third-order valence-corrected chi connectivity index (χ3v) is 3.61. The maximum Gasteiger partial charge on any atom is 0.128 e. The number of aromatic nitrogens is 1. The number of nitrogens with zero attached hydrogens (tertiary/aromatic N) is 1. The lowest BCUT2D eigenvalue weighted by Crippen LogP contribution is -2.35. The minimum absolute atomic E-state index is 0.311. The normalized spacial score (nSPS) is 14.1. The van der Waals surface area contributed by atoms with Gasteiger partial charge >= 0.3 is 0 Å². The standard InChI is InChI=1S/C15H16ClFN2/c1-15(10-18,9-11-4-6-19-7-5-11)13-3-2-12(16)8-14(13)17/h2-8H,9-10,18H2,1H3. The number of rotatable bonds is 4. The largest absolute Gasteiger partial charge is 0.330 e. The van der Waals surface area contributed by atoms with Gasteiger partial charge in [0.05, 0.1) is 0 Å². The fourth-order valence-corrected chi connectivity index (χ4v) is 2.37. The molecule has 2 nitrogen and oxygen atoms in total. The van der Waals surface area contributed by atoms with Gasteiger partial charge in [0.15, 0.2) is 0 Å². The molecular weight excluding hydrogens is 263 g/mol. The van der Waals surface area contributed by atoms with Gasteiger partial charge in [0.1, 0.15) is 5.82 Å². The zero-order valence-corrected chi connectivity index (χ0v) is 11.5. The van der Waals surface area contributed by atoms with Gasteiger partial charge < -0.3 is 5.73 Å². The maximum absolute atomic E-state index is 14.1. The summed E-state index contributed by atoms with van der Waals surface area (Å²) >= 11 is 5.79. The van der Waals surface area contributed by atoms with Crippen molar-refractivity contribution in [2.24, 2.45) is 5.73 Å². The molecule has 0 spiro atoms. The number of halogens is 2. The van der Waals surface area contributed by atoms with E-state index in [0.717, 1.165) is 5.56 Å². The van der Waals surface area contributed by atoms with E-state index < -0.39 is 5.41 Å². The molecule has 1 atom stereocenters. The molecule has 2 aromatic rings. The Balaban J connectivity index is 2.36. The van der Waals surface area contributed by atoms with Gasteiger partial charge in [-0.2, -0.15) is 0 Å². The van der Waals surface area contributed by atoms with Crippen LogP contribution in [-0.2, 0) is 11.8 Å². The molecular formula is C15H16ClFN2. The molecule has 0 aliphatic heterocycles. The topological polar surface area (TPSA) is 38.9 Å². The van der Waals surface area contributed by atoms with Crippen molar-refractivity contribution in [1.29, 1.82) is 0 Å². The predicted molar refractivity (Wildman–Crippen MR) is 75.8 cm³/mol. The van der Waals surface area contributed by atoms with Gasteiger partial charge in [0.2, 0.25) is 0 Å². The van der Waals surface area contributed by atoms with Gasteiger partial charge in [0, 0.05) is 29.4 Å². The van der Waals surface area contributed by atoms with Crippen LogP contribution in [0.5, 0.6) is 0 Å². The molecule has 100 valence electrons. The van der Waals surface area contributed by atoms with E-state index in [4.69, 9.17) is 17.3 Å². The Bertz CT molecular complexity index is 559. The second-order valence-electron chi connectivity index (χ2n) is 4.92. The summed E-state index contributed by atoms with van der Waals surface area (Å²) in [6, 6.07) is 8.58. The second-order valence-corrected chi connectivity index (χ2v) is 5.36. The smallest absolute Gasteiger partial charge is 0.128 e. The van der Waals surface area contributed by atoms with Crippen LogP contribution in [0.3, 0.4) is 0 Å². The second kappa shape index (κ2) is 5.68. The molecule has 4 heteroatoms. The van der Waals surface area contributed by atoms with Crippen LogP contribution in [-0.4, -0.2) is 11.5 Å². The quantitative estimate of drug-likeness (QED) is 0.932. The van der Waals surface area contributed by atoms with Crippen molar-refractivity contribution in [3.8, 4) is 0 Å². The fraction of sp³-hybridized carbons (Fsp3) is 0.267. The van der Waals surface area contributed by atoms with Gasteiger partial charge in [-0.15, -0.1) is 0 Å². The van der Waals surface area contributed by atoms with E-state index >= 15 is 0 Å². The van der Waals surface area contributed by atoms with E-state index in [-0.39, 0.29) is 5.82 Å². The number of pyridine rings is 1. The van der Waals surface area contributed by atoms with Gasteiger partial charge in [0.25, 0.3) is 0 Å². The predicted octanol–water partition coefficient (Wildman–Crippen LogP) is 3.33. The molecule has 2 rings (SSSR count). The number of nitrogens with two attached hydrogens (primary N) is 1. The number of benzene rings is 1. The highest BCUT2D eigenvalue weighted by Gasteiger charge is 2.28. The van der Waals surface area contributed by atoms with Crippen molar-refractivity contribution in [2.45, 2.75) is 18.8 Å². The van der Waals surface area contributed by atoms with Crippen molar-refractivity contribution in [3.63, 3.8) is 0 Å². The molecule has 1 heterocycles. The summed E-state index contributed by atoms with van der Waals surface area (Å²) in [4.78, 5) is 3.98. The molecule has 0 aliphatic rings. The summed E-state index contributed by atoms with van der Waals surface area (Å²) in [5, 5.41) is 0.393. The van der Waals surface area contributed by atoms with Crippen LogP contribution in [0, 0.1) is 5.82 Å². The Labute approximate surface area is 117 Å². The molecule has 1 aromatic carbocycles. The Morgan fingerprint density at radius 3 is 2.53 bits per heavy atom. The molecule has 0 radical (unpaired) electrons. The van der Waals surface area contributed by atoms with Gasteiger partial charge in [-0.1, -0.05) is 24.6 Å². The van der Waals surface area contributed by atoms with Crippen LogP contribution in [0.1, 0.15) is 18.1 Å². The minimum Gasteiger partial charge on any atom is -0.330 e. The first-order valence-electron chi connectivity index (χ1n) is 6.10. The summed E-state index contributed by atoms with van der Waals surface area (Å²) in [6.45, 7) is 2.31. The lowest BCUT2D eigenvalue weighted by atomic mass is 9.77. The molecule has 0 amide bonds. The first-order chi connectivity index (χ1) is 9.05. The lowest BCUT2D eigenvalue weighted by molar-refractivity contribution is 0.450. The van der Waals surface area contributed by atoms with Gasteiger partial charge in [-0.3, -0.25) is 4.98 Å². The molecule has 1 aromatic heterocycles. The third kappa shape index (κ3) is 3.11. The van der Waals surface area contributed by atoms with Crippen molar-refractivity contribution >= 4 is 11.6 Å². The van der Waals surface area contributed by atoms with E-state index in [9.17, 15) is 4.39 Å². The molecule has 1 unspecified atom stereocenters. The highest BCUT2D eigenvalue weighted by atomic mass is 35.5. The first-order valence-corrected chi connectivity index (χ1v) is 6.47. The maximum atomic E-state index is 14.1. The molecule has 0 aliphatic carbocycles. The van der Waals surface area contributed by atoms with E-state index in [1.54, 1.807) is 24.5 Å². The summed E-state index contributed by atoms with van der Waals surface area (Å²) in [6.07, 6.45) is 4.11. The van der Waals surface area contributed by atoms with Crippen LogP contribution in [0.15, 0.2) is 42.7 Å². The average molecular weight is 279 g/mol. The van der Waals surface area contributed by atoms with Gasteiger partial charge in [-0.25, -0.2) is 4.39 Å². The Hall–Kier alpha value is -1.45. The third-order valence-electron chi connectivity index (χ3n) is 3.38. The number of hydrogen-bond acceptors (Lipinski definition) is 2. The van der Waals surface area contributed by atoms with Gasteiger partial charge in [-0.05, 0) is 41.8 Å². The van der Waals surface area contributed by atoms with E-state index in [0.29, 0.717) is 23.6 Å². The van der Waals surface area contributed by atoms with E-state index in [1.165, 1.54) is 6.07 Å². The van der Waals surface area contributed by atoms with Crippen LogP contribution >= 0.6 is 11.6 Å². The van der Waals surface area contributed by atoms with Crippen molar-refractivity contribution in [1.82, 2.24) is 4.98 Å². The van der Waals surface area contributed by atoms with Crippen LogP contribution in [0.2, 0.25) is 5.02 Å². The molecule has 2 N–H and O–H groups in total. The van der Waals surface area contributed by atoms with E-state index in [2.05, 4.69) is 4.98 Å². The van der Waals surface area contributed by atoms with Crippen LogP contribution in [0.25, 0.3) is 0 Å². The molecule has 0 fully saturated rings. The van der Waals surface area contributed by atoms with Crippen LogP contribution < -0.4 is 5.73 Å². The Morgan fingerprint density at radius 2 is 1.95 bits per heavy atom. The minimum atomic E-state index is -0.462. The SMILES string of the molecule is CC(CN)(Cc1ccncc1)c1ccc(Cl)cc1F.